The molecule has 1 unspecified atom stereocenters. The second kappa shape index (κ2) is 7.87. The number of benzene rings is 3. The van der Waals surface area contributed by atoms with Crippen LogP contribution in [0.5, 0.6) is 11.5 Å². The first-order valence-corrected chi connectivity index (χ1v) is 10.9. The van der Waals surface area contributed by atoms with Crippen molar-refractivity contribution < 1.29 is 23.2 Å². The molecule has 0 saturated carbocycles. The maximum absolute atomic E-state index is 12.9. The van der Waals surface area contributed by atoms with Gasteiger partial charge in [0.25, 0.3) is 10.1 Å². The zero-order valence-electron chi connectivity index (χ0n) is 14.3. The second-order valence-electron chi connectivity index (χ2n) is 6.07. The molecule has 0 aliphatic heterocycles. The monoisotopic (exact) mass is 492 g/mol. The first kappa shape index (κ1) is 22.0. The summed E-state index contributed by atoms with van der Waals surface area (Å²) in [6, 6.07) is 12.3. The van der Waals surface area contributed by atoms with Crippen molar-refractivity contribution in [3.63, 3.8) is 0 Å². The Labute approximate surface area is 186 Å². The largest absolute Gasteiger partial charge is 0.506 e. The van der Waals surface area contributed by atoms with Gasteiger partial charge in [0.1, 0.15) is 16.5 Å². The van der Waals surface area contributed by atoms with Gasteiger partial charge in [-0.15, -0.1) is 0 Å². The van der Waals surface area contributed by atoms with E-state index in [1.165, 1.54) is 24.3 Å². The first-order chi connectivity index (χ1) is 13.5. The average molecular weight is 494 g/mol. The zero-order valence-corrected chi connectivity index (χ0v) is 18.1. The van der Waals surface area contributed by atoms with Gasteiger partial charge in [-0.1, -0.05) is 82.8 Å². The minimum absolute atomic E-state index is 0.0394. The molecule has 3 N–H and O–H groups in total. The molecule has 0 radical (unpaired) electrons. The molecule has 0 saturated heterocycles. The summed E-state index contributed by atoms with van der Waals surface area (Å²) in [6.45, 7) is 0. The number of aromatic hydroxyl groups is 2. The van der Waals surface area contributed by atoms with Crippen molar-refractivity contribution in [2.45, 2.75) is 4.75 Å². The highest BCUT2D eigenvalue weighted by molar-refractivity contribution is 7.87. The number of phenolic OH excluding ortho intramolecular Hbond substituents is 2. The van der Waals surface area contributed by atoms with Crippen LogP contribution in [-0.4, -0.2) is 23.2 Å². The van der Waals surface area contributed by atoms with E-state index in [1.54, 1.807) is 18.2 Å². The first-order valence-electron chi connectivity index (χ1n) is 7.90. The Morgan fingerprint density at radius 3 is 1.93 bits per heavy atom. The number of phenols is 2. The quantitative estimate of drug-likeness (QED) is 0.239. The average Bonchev–Trinajstić information content (AvgIpc) is 2.67. The number of rotatable bonds is 4. The van der Waals surface area contributed by atoms with Gasteiger partial charge in [0.05, 0.1) is 15.1 Å². The molecule has 152 valence electrons. The van der Waals surface area contributed by atoms with E-state index in [-0.39, 0.29) is 31.8 Å². The van der Waals surface area contributed by atoms with E-state index in [1.807, 2.05) is 0 Å². The van der Waals surface area contributed by atoms with Crippen LogP contribution in [0.2, 0.25) is 20.1 Å². The number of hydrogen-bond donors (Lipinski definition) is 3. The van der Waals surface area contributed by atoms with E-state index in [2.05, 4.69) is 0 Å². The van der Waals surface area contributed by atoms with Crippen molar-refractivity contribution in [1.82, 2.24) is 0 Å². The van der Waals surface area contributed by atoms with E-state index in [0.29, 0.717) is 0 Å². The van der Waals surface area contributed by atoms with Crippen molar-refractivity contribution in [3.05, 3.63) is 91.4 Å². The van der Waals surface area contributed by atoms with Gasteiger partial charge in [-0.3, -0.25) is 4.55 Å². The van der Waals surface area contributed by atoms with Gasteiger partial charge in [-0.2, -0.15) is 8.42 Å². The summed E-state index contributed by atoms with van der Waals surface area (Å²) in [5, 5.41) is 20.0. The van der Waals surface area contributed by atoms with Crippen LogP contribution in [0.4, 0.5) is 0 Å². The summed E-state index contributed by atoms with van der Waals surface area (Å²) >= 11 is 24.0. The molecule has 0 amide bonds. The summed E-state index contributed by atoms with van der Waals surface area (Å²) in [5.74, 6) is -1.13. The highest BCUT2D eigenvalue weighted by Gasteiger charge is 2.51. The maximum Gasteiger partial charge on any atom is 0.283 e. The lowest BCUT2D eigenvalue weighted by molar-refractivity contribution is 0.439. The summed E-state index contributed by atoms with van der Waals surface area (Å²) in [4.78, 5) is 0. The molecule has 0 bridgehead atoms. The van der Waals surface area contributed by atoms with Crippen LogP contribution in [0.1, 0.15) is 16.7 Å². The van der Waals surface area contributed by atoms with E-state index >= 15 is 0 Å². The molecule has 0 aliphatic rings. The fourth-order valence-electron chi connectivity index (χ4n) is 3.17. The third-order valence-electron chi connectivity index (χ3n) is 4.44. The molecule has 29 heavy (non-hydrogen) atoms. The third kappa shape index (κ3) is 3.54. The summed E-state index contributed by atoms with van der Waals surface area (Å²) in [6.07, 6.45) is 0. The van der Waals surface area contributed by atoms with Crippen molar-refractivity contribution >= 4 is 56.5 Å². The molecule has 0 spiro atoms. The minimum Gasteiger partial charge on any atom is -0.506 e. The number of halogens is 4. The van der Waals surface area contributed by atoms with Gasteiger partial charge in [-0.25, -0.2) is 0 Å². The van der Waals surface area contributed by atoms with Gasteiger partial charge < -0.3 is 10.2 Å². The Bertz CT molecular complexity index is 1200. The van der Waals surface area contributed by atoms with Crippen LogP contribution >= 0.6 is 46.4 Å². The summed E-state index contributed by atoms with van der Waals surface area (Å²) in [7, 11) is -5.06. The Balaban J connectivity index is 2.60. The molecule has 1 atom stereocenters. The summed E-state index contributed by atoms with van der Waals surface area (Å²) in [5.41, 5.74) is -0.417. The number of hydrogen-bond acceptors (Lipinski definition) is 4. The highest BCUT2D eigenvalue weighted by Crippen LogP contribution is 2.52. The standard InChI is InChI=1S/C19H12Cl4O5S/c20-13-7-6-11(8-15(13)24)19(29(26,27)28,10-4-2-1-3-5-10)12-9-14(21)16(22)17(23)18(12)25/h1-9,24-25H,(H,26,27,28). The van der Waals surface area contributed by atoms with Gasteiger partial charge in [0, 0.05) is 5.56 Å². The minimum atomic E-state index is -5.06. The smallest absolute Gasteiger partial charge is 0.283 e. The Hall–Kier alpha value is -1.67. The lowest BCUT2D eigenvalue weighted by Crippen LogP contribution is -2.38. The highest BCUT2D eigenvalue weighted by atomic mass is 35.5. The Morgan fingerprint density at radius 1 is 0.759 bits per heavy atom. The fraction of sp³-hybridized carbons (Fsp3) is 0.0526. The van der Waals surface area contributed by atoms with Crippen molar-refractivity contribution in [2.24, 2.45) is 0 Å². The van der Waals surface area contributed by atoms with E-state index in [0.717, 1.165) is 12.1 Å². The van der Waals surface area contributed by atoms with Crippen LogP contribution in [0.15, 0.2) is 54.6 Å². The van der Waals surface area contributed by atoms with Crippen LogP contribution in [0.3, 0.4) is 0 Å². The van der Waals surface area contributed by atoms with Gasteiger partial charge in [-0.05, 0) is 29.3 Å². The molecule has 5 nitrogen and oxygen atoms in total. The third-order valence-corrected chi connectivity index (χ3v) is 7.47. The van der Waals surface area contributed by atoms with Crippen LogP contribution in [0, 0.1) is 0 Å². The molecule has 0 fully saturated rings. The van der Waals surface area contributed by atoms with Crippen molar-refractivity contribution in [2.75, 3.05) is 0 Å². The summed E-state index contributed by atoms with van der Waals surface area (Å²) < 4.78 is 33.9. The lowest BCUT2D eigenvalue weighted by Gasteiger charge is -2.33. The van der Waals surface area contributed by atoms with E-state index < -0.39 is 31.4 Å². The maximum atomic E-state index is 12.9. The fourth-order valence-corrected chi connectivity index (χ4v) is 5.18. The lowest BCUT2D eigenvalue weighted by atomic mass is 9.83. The van der Waals surface area contributed by atoms with E-state index in [4.69, 9.17) is 46.4 Å². The molecule has 10 heteroatoms. The second-order valence-corrected chi connectivity index (χ2v) is 9.20. The molecular weight excluding hydrogens is 482 g/mol. The van der Waals surface area contributed by atoms with Gasteiger partial charge in [0.15, 0.2) is 4.75 Å². The van der Waals surface area contributed by atoms with Crippen LogP contribution in [-0.2, 0) is 14.9 Å². The van der Waals surface area contributed by atoms with Gasteiger partial charge in [0.2, 0.25) is 0 Å². The van der Waals surface area contributed by atoms with Crippen molar-refractivity contribution in [3.8, 4) is 11.5 Å². The normalized spacial score (nSPS) is 13.8. The van der Waals surface area contributed by atoms with E-state index in [9.17, 15) is 23.2 Å². The Kier molecular flexibility index (Phi) is 5.98. The predicted octanol–water partition coefficient (Wildman–Crippen LogP) is 5.89. The van der Waals surface area contributed by atoms with Gasteiger partial charge >= 0.3 is 0 Å². The van der Waals surface area contributed by atoms with Crippen molar-refractivity contribution in [1.29, 1.82) is 0 Å². The molecule has 0 aliphatic carbocycles. The predicted molar refractivity (Wildman–Crippen MR) is 114 cm³/mol. The molecule has 3 aromatic carbocycles. The molecule has 0 heterocycles. The molecule has 0 aromatic heterocycles. The SMILES string of the molecule is O=S(=O)(O)C(c1ccccc1)(c1ccc(Cl)c(O)c1)c1cc(Cl)c(Cl)c(Cl)c1O. The van der Waals surface area contributed by atoms with Crippen LogP contribution in [0.25, 0.3) is 0 Å². The molecule has 3 aromatic rings. The zero-order chi connectivity index (χ0) is 21.6. The Morgan fingerprint density at radius 2 is 1.38 bits per heavy atom. The molecular formula is C19H12Cl4O5S. The topological polar surface area (TPSA) is 94.8 Å². The van der Waals surface area contributed by atoms with Crippen LogP contribution < -0.4 is 0 Å². The molecule has 3 rings (SSSR count).